The number of benzene rings is 2. The summed E-state index contributed by atoms with van der Waals surface area (Å²) in [6.07, 6.45) is 3.16. The molecule has 2 rings (SSSR count). The maximum Gasteiger partial charge on any atom is 0.396 e. The van der Waals surface area contributed by atoms with Gasteiger partial charge in [0.2, 0.25) is 0 Å². The maximum absolute atomic E-state index is 10.8. The first-order valence-corrected chi connectivity index (χ1v) is 11.9. The second kappa shape index (κ2) is 12.0. The van der Waals surface area contributed by atoms with Crippen molar-refractivity contribution in [3.8, 4) is 23.0 Å². The Balaban J connectivity index is 2.03. The average Bonchev–Trinajstić information content (AvgIpc) is 2.78. The minimum Gasteiger partial charge on any atom is -0.497 e. The van der Waals surface area contributed by atoms with Crippen molar-refractivity contribution in [1.29, 1.82) is 0 Å². The normalized spacial score (nSPS) is 12.5. The van der Waals surface area contributed by atoms with E-state index in [2.05, 4.69) is 19.3 Å². The summed E-state index contributed by atoms with van der Waals surface area (Å²) < 4.78 is 87.4. The Bertz CT molecular complexity index is 1190. The van der Waals surface area contributed by atoms with Crippen LogP contribution in [0.2, 0.25) is 0 Å². The van der Waals surface area contributed by atoms with Crippen LogP contribution in [0.15, 0.2) is 67.8 Å². The highest BCUT2D eigenvalue weighted by Gasteiger charge is 2.09. The zero-order valence-corrected chi connectivity index (χ0v) is 19.4. The molecule has 0 fully saturated rings. The summed E-state index contributed by atoms with van der Waals surface area (Å²) in [5, 5.41) is 6.88. The van der Waals surface area contributed by atoms with Gasteiger partial charge in [-0.25, -0.2) is 0 Å². The number of hydrogen-bond donors (Lipinski definition) is 2. The van der Waals surface area contributed by atoms with Crippen molar-refractivity contribution in [1.82, 2.24) is 0 Å². The topological polar surface area (TPSA) is 195 Å². The zero-order valence-electron chi connectivity index (χ0n) is 17.8. The van der Waals surface area contributed by atoms with Gasteiger partial charge in [0.15, 0.2) is 0 Å². The molecule has 0 amide bonds. The number of methoxy groups -OCH3 is 2. The summed E-state index contributed by atoms with van der Waals surface area (Å²) in [4.78, 5) is 0. The lowest BCUT2D eigenvalue weighted by molar-refractivity contribution is 0.350. The van der Waals surface area contributed by atoms with Crippen LogP contribution in [-0.4, -0.2) is 53.4 Å². The molecule has 2 aromatic carbocycles. The first-order chi connectivity index (χ1) is 16.0. The number of nitrogens with zero attached hydrogens (tertiary/aromatic N) is 4. The van der Waals surface area contributed by atoms with Crippen molar-refractivity contribution in [2.45, 2.75) is 0 Å². The van der Waals surface area contributed by atoms with E-state index in [4.69, 9.17) is 28.1 Å². The molecule has 0 atom stereocenters. The molecule has 0 aliphatic carbocycles. The van der Waals surface area contributed by atoms with Crippen LogP contribution in [0.4, 0.5) is 11.4 Å². The van der Waals surface area contributed by atoms with E-state index in [9.17, 15) is 16.8 Å². The molecule has 0 bridgehead atoms. The minimum absolute atomic E-state index is 0.00805. The van der Waals surface area contributed by atoms with E-state index < -0.39 is 20.6 Å². The number of rotatable bonds is 12. The minimum atomic E-state index is -4.68. The third-order valence-electron chi connectivity index (χ3n) is 3.67. The van der Waals surface area contributed by atoms with Crippen LogP contribution < -0.4 is 18.9 Å². The smallest absolute Gasteiger partial charge is 0.396 e. The van der Waals surface area contributed by atoms with Crippen LogP contribution >= 0.6 is 0 Å². The van der Waals surface area contributed by atoms with E-state index in [1.807, 2.05) is 0 Å². The van der Waals surface area contributed by atoms with Gasteiger partial charge in [-0.05, 0) is 45.5 Å². The Morgan fingerprint density at radius 2 is 1.12 bits per heavy atom. The van der Waals surface area contributed by atoms with Gasteiger partial charge in [0.05, 0.1) is 14.2 Å². The molecule has 16 heteroatoms. The molecule has 0 aromatic heterocycles. The Labute approximate surface area is 195 Å². The number of ether oxygens (including phenoxy) is 4. The van der Waals surface area contributed by atoms with E-state index in [1.54, 1.807) is 24.3 Å². The highest BCUT2D eigenvalue weighted by Crippen LogP contribution is 2.33. The lowest BCUT2D eigenvalue weighted by atomic mass is 10.3. The van der Waals surface area contributed by atoms with E-state index in [0.717, 1.165) is 0 Å². The second-order valence-electron chi connectivity index (χ2n) is 6.02. The van der Waals surface area contributed by atoms with Gasteiger partial charge in [0.1, 0.15) is 47.6 Å². The molecule has 184 valence electrons. The quantitative estimate of drug-likeness (QED) is 0.239. The predicted molar refractivity (Wildman–Crippen MR) is 118 cm³/mol. The molecule has 2 aromatic rings. The largest absolute Gasteiger partial charge is 0.497 e. The van der Waals surface area contributed by atoms with Crippen molar-refractivity contribution in [2.24, 2.45) is 19.3 Å². The van der Waals surface area contributed by atoms with Crippen molar-refractivity contribution in [3.63, 3.8) is 0 Å². The molecule has 0 aliphatic rings. The summed E-state index contributed by atoms with van der Waals surface area (Å²) in [6.45, 7) is 0.0596. The molecule has 0 spiro atoms. The molecule has 0 unspecified atom stereocenters. The van der Waals surface area contributed by atoms with E-state index in [1.165, 1.54) is 38.5 Å². The SMILES string of the molecule is COc1ccc(OC/C=C/COc2ccc(OC)cc2/N=N/S(=O)(=O)O)c(/N=N/S(=O)(=O)O)c1. The zero-order chi connectivity index (χ0) is 25.2. The van der Waals surface area contributed by atoms with E-state index in [-0.39, 0.29) is 36.1 Å². The van der Waals surface area contributed by atoms with Gasteiger partial charge >= 0.3 is 20.6 Å². The summed E-state index contributed by atoms with van der Waals surface area (Å²) in [5.41, 5.74) is 0.0161. The molecule has 0 saturated carbocycles. The second-order valence-corrected chi connectivity index (χ2v) is 8.14. The average molecular weight is 517 g/mol. The van der Waals surface area contributed by atoms with Crippen LogP contribution in [0.5, 0.6) is 23.0 Å². The fourth-order valence-electron chi connectivity index (χ4n) is 2.25. The molecular weight excluding hydrogens is 496 g/mol. The van der Waals surface area contributed by atoms with E-state index in [0.29, 0.717) is 11.5 Å². The third-order valence-corrected chi connectivity index (χ3v) is 4.25. The Kier molecular flexibility index (Phi) is 9.43. The highest BCUT2D eigenvalue weighted by molar-refractivity contribution is 7.84. The van der Waals surface area contributed by atoms with Gasteiger partial charge in [0, 0.05) is 12.1 Å². The first kappa shape index (κ1) is 26.7. The molecule has 0 heterocycles. The van der Waals surface area contributed by atoms with Gasteiger partial charge in [-0.3, -0.25) is 9.11 Å². The van der Waals surface area contributed by atoms with Gasteiger partial charge in [-0.1, -0.05) is 0 Å². The molecular formula is C18H20N4O10S2. The summed E-state index contributed by atoms with van der Waals surface area (Å²) in [7, 11) is -6.55. The van der Waals surface area contributed by atoms with Gasteiger partial charge in [-0.15, -0.1) is 10.2 Å². The fourth-order valence-corrected chi connectivity index (χ4v) is 2.63. The van der Waals surface area contributed by atoms with Crippen molar-refractivity contribution in [2.75, 3.05) is 27.4 Å². The third kappa shape index (κ3) is 9.49. The van der Waals surface area contributed by atoms with Crippen LogP contribution in [-0.2, 0) is 20.6 Å². The highest BCUT2D eigenvalue weighted by atomic mass is 32.2. The maximum atomic E-state index is 10.8. The van der Waals surface area contributed by atoms with Crippen LogP contribution in [0.25, 0.3) is 0 Å². The molecule has 0 aliphatic heterocycles. The summed E-state index contributed by atoms with van der Waals surface area (Å²) >= 11 is 0. The molecule has 14 nitrogen and oxygen atoms in total. The number of hydrogen-bond acceptors (Lipinski definition) is 10. The lowest BCUT2D eigenvalue weighted by Gasteiger charge is -2.09. The van der Waals surface area contributed by atoms with E-state index >= 15 is 0 Å². The van der Waals surface area contributed by atoms with Crippen molar-refractivity contribution >= 4 is 32.0 Å². The lowest BCUT2D eigenvalue weighted by Crippen LogP contribution is -1.98. The molecule has 0 saturated heterocycles. The Morgan fingerprint density at radius 1 is 0.735 bits per heavy atom. The van der Waals surface area contributed by atoms with Gasteiger partial charge < -0.3 is 18.9 Å². The molecule has 2 N–H and O–H groups in total. The Hall–Kier alpha value is -3.60. The first-order valence-electron chi connectivity index (χ1n) is 9.08. The van der Waals surface area contributed by atoms with Crippen LogP contribution in [0.1, 0.15) is 0 Å². The van der Waals surface area contributed by atoms with Crippen molar-refractivity contribution in [3.05, 3.63) is 48.6 Å². The standard InChI is InChI=1S/C18H20N4O10S2/c1-29-13-5-7-17(15(11-13)19-21-33(23,24)25)31-9-3-4-10-32-18-8-6-14(30-2)12-16(18)20-22-34(26,27)28/h3-8,11-12H,9-10H2,1-2H3,(H,23,24,25)(H,26,27,28)/b4-3+,21-19+,22-20+. The van der Waals surface area contributed by atoms with Crippen molar-refractivity contribution < 1.29 is 44.9 Å². The Morgan fingerprint density at radius 3 is 1.44 bits per heavy atom. The van der Waals surface area contributed by atoms with Gasteiger partial charge in [-0.2, -0.15) is 16.8 Å². The van der Waals surface area contributed by atoms with Crippen LogP contribution in [0.3, 0.4) is 0 Å². The van der Waals surface area contributed by atoms with Crippen LogP contribution in [0, 0.1) is 0 Å². The van der Waals surface area contributed by atoms with Gasteiger partial charge in [0.25, 0.3) is 0 Å². The predicted octanol–water partition coefficient (Wildman–Crippen LogP) is 3.49. The molecule has 0 radical (unpaired) electrons. The molecule has 34 heavy (non-hydrogen) atoms. The fraction of sp³-hybridized carbons (Fsp3) is 0.222. The monoisotopic (exact) mass is 516 g/mol. The summed E-state index contributed by atoms with van der Waals surface area (Å²) in [5.74, 6) is 1.06. The summed E-state index contributed by atoms with van der Waals surface area (Å²) in [6, 6.07) is 8.80.